The minimum atomic E-state index is 0.469. The summed E-state index contributed by atoms with van der Waals surface area (Å²) in [7, 11) is 3.30. The van der Waals surface area contributed by atoms with Crippen molar-refractivity contribution in [2.24, 2.45) is 0 Å². The average molecular weight is 322 g/mol. The molecule has 2 N–H and O–H groups in total. The molecule has 0 heterocycles. The van der Waals surface area contributed by atoms with E-state index in [1.807, 2.05) is 18.2 Å². The molecule has 0 amide bonds. The van der Waals surface area contributed by atoms with Crippen LogP contribution in [0.2, 0.25) is 0 Å². The Morgan fingerprint density at radius 2 is 1.73 bits per heavy atom. The molecule has 1 aliphatic rings. The lowest BCUT2D eigenvalue weighted by Gasteiger charge is -2.23. The number of anilines is 1. The SMILES string of the molecule is COc1ccc(OC)c(NC(=S)NC2CCCCCCC2)c1. The highest BCUT2D eigenvalue weighted by molar-refractivity contribution is 7.80. The average Bonchev–Trinajstić information content (AvgIpc) is 2.49. The van der Waals surface area contributed by atoms with Gasteiger partial charge in [0.2, 0.25) is 0 Å². The van der Waals surface area contributed by atoms with Crippen LogP contribution in [0.1, 0.15) is 44.9 Å². The first-order valence-electron chi connectivity index (χ1n) is 8.02. The third kappa shape index (κ3) is 5.05. The lowest BCUT2D eigenvalue weighted by Crippen LogP contribution is -2.38. The van der Waals surface area contributed by atoms with E-state index in [4.69, 9.17) is 21.7 Å². The number of rotatable bonds is 4. The van der Waals surface area contributed by atoms with Gasteiger partial charge < -0.3 is 20.1 Å². The molecule has 0 unspecified atom stereocenters. The normalized spacial score (nSPS) is 16.3. The quantitative estimate of drug-likeness (QED) is 0.817. The van der Waals surface area contributed by atoms with Gasteiger partial charge in [-0.1, -0.05) is 32.1 Å². The second kappa shape index (κ2) is 8.83. The van der Waals surface area contributed by atoms with Gasteiger partial charge in [-0.15, -0.1) is 0 Å². The Balaban J connectivity index is 1.95. The summed E-state index contributed by atoms with van der Waals surface area (Å²) in [6, 6.07) is 6.11. The zero-order valence-corrected chi connectivity index (χ0v) is 14.3. The van der Waals surface area contributed by atoms with Crippen molar-refractivity contribution in [2.45, 2.75) is 51.0 Å². The van der Waals surface area contributed by atoms with E-state index in [1.165, 1.54) is 44.9 Å². The molecule has 0 aromatic heterocycles. The van der Waals surface area contributed by atoms with Crippen LogP contribution in [0.3, 0.4) is 0 Å². The molecule has 4 nitrogen and oxygen atoms in total. The van der Waals surface area contributed by atoms with Crippen molar-refractivity contribution >= 4 is 23.0 Å². The van der Waals surface area contributed by atoms with Crippen LogP contribution in [-0.4, -0.2) is 25.4 Å². The highest BCUT2D eigenvalue weighted by Gasteiger charge is 2.13. The van der Waals surface area contributed by atoms with Crippen LogP contribution in [0.4, 0.5) is 5.69 Å². The molecular weight excluding hydrogens is 296 g/mol. The minimum Gasteiger partial charge on any atom is -0.497 e. The Bertz CT molecular complexity index is 486. The van der Waals surface area contributed by atoms with Gasteiger partial charge in [-0.25, -0.2) is 0 Å². The molecule has 2 rings (SSSR count). The number of hydrogen-bond acceptors (Lipinski definition) is 3. The van der Waals surface area contributed by atoms with E-state index in [0.29, 0.717) is 11.2 Å². The van der Waals surface area contributed by atoms with Gasteiger partial charge >= 0.3 is 0 Å². The van der Waals surface area contributed by atoms with Crippen molar-refractivity contribution in [3.63, 3.8) is 0 Å². The largest absolute Gasteiger partial charge is 0.497 e. The van der Waals surface area contributed by atoms with E-state index in [-0.39, 0.29) is 0 Å². The van der Waals surface area contributed by atoms with Gasteiger partial charge in [-0.2, -0.15) is 0 Å². The smallest absolute Gasteiger partial charge is 0.171 e. The van der Waals surface area contributed by atoms with Crippen LogP contribution >= 0.6 is 12.2 Å². The highest BCUT2D eigenvalue weighted by atomic mass is 32.1. The zero-order chi connectivity index (χ0) is 15.8. The molecule has 5 heteroatoms. The number of benzene rings is 1. The first-order valence-corrected chi connectivity index (χ1v) is 8.43. The molecule has 122 valence electrons. The molecule has 0 atom stereocenters. The predicted octanol–water partition coefficient (Wildman–Crippen LogP) is 4.10. The molecule has 0 saturated heterocycles. The van der Waals surface area contributed by atoms with Crippen LogP contribution in [0, 0.1) is 0 Å². The van der Waals surface area contributed by atoms with Crippen molar-refractivity contribution in [2.75, 3.05) is 19.5 Å². The van der Waals surface area contributed by atoms with Crippen LogP contribution < -0.4 is 20.1 Å². The molecule has 0 radical (unpaired) electrons. The Morgan fingerprint density at radius 3 is 2.36 bits per heavy atom. The van der Waals surface area contributed by atoms with Gasteiger partial charge in [0.15, 0.2) is 5.11 Å². The predicted molar refractivity (Wildman–Crippen MR) is 95.0 cm³/mol. The second-order valence-corrected chi connectivity index (χ2v) is 6.11. The molecule has 22 heavy (non-hydrogen) atoms. The lowest BCUT2D eigenvalue weighted by molar-refractivity contribution is 0.404. The van der Waals surface area contributed by atoms with Gasteiger partial charge in [0.1, 0.15) is 11.5 Å². The van der Waals surface area contributed by atoms with Gasteiger partial charge in [0, 0.05) is 12.1 Å². The monoisotopic (exact) mass is 322 g/mol. The first kappa shape index (κ1) is 16.9. The third-order valence-electron chi connectivity index (χ3n) is 4.10. The number of nitrogens with one attached hydrogen (secondary N) is 2. The Morgan fingerprint density at radius 1 is 1.05 bits per heavy atom. The van der Waals surface area contributed by atoms with Crippen LogP contribution in [0.5, 0.6) is 11.5 Å². The van der Waals surface area contributed by atoms with Crippen molar-refractivity contribution in [1.82, 2.24) is 5.32 Å². The van der Waals surface area contributed by atoms with E-state index in [9.17, 15) is 0 Å². The van der Waals surface area contributed by atoms with E-state index < -0.39 is 0 Å². The summed E-state index contributed by atoms with van der Waals surface area (Å²) in [5, 5.41) is 7.33. The molecule has 1 saturated carbocycles. The van der Waals surface area contributed by atoms with Crippen LogP contribution in [-0.2, 0) is 0 Å². The van der Waals surface area contributed by atoms with E-state index in [1.54, 1.807) is 14.2 Å². The molecule has 1 fully saturated rings. The highest BCUT2D eigenvalue weighted by Crippen LogP contribution is 2.29. The molecular formula is C17H26N2O2S. The van der Waals surface area contributed by atoms with E-state index in [0.717, 1.165) is 17.2 Å². The molecule has 1 aromatic rings. The topological polar surface area (TPSA) is 42.5 Å². The number of thiocarbonyl (C=S) groups is 1. The van der Waals surface area contributed by atoms with Crippen molar-refractivity contribution in [3.05, 3.63) is 18.2 Å². The Hall–Kier alpha value is -1.49. The van der Waals surface area contributed by atoms with Crippen molar-refractivity contribution in [3.8, 4) is 11.5 Å². The number of ether oxygens (including phenoxy) is 2. The summed E-state index contributed by atoms with van der Waals surface area (Å²) >= 11 is 5.46. The number of methoxy groups -OCH3 is 2. The Kier molecular flexibility index (Phi) is 6.77. The minimum absolute atomic E-state index is 0.469. The maximum absolute atomic E-state index is 5.46. The van der Waals surface area contributed by atoms with Gasteiger partial charge in [-0.05, 0) is 37.2 Å². The maximum atomic E-state index is 5.46. The van der Waals surface area contributed by atoms with Crippen molar-refractivity contribution < 1.29 is 9.47 Å². The van der Waals surface area contributed by atoms with Crippen LogP contribution in [0.15, 0.2) is 18.2 Å². The molecule has 0 bridgehead atoms. The summed E-state index contributed by atoms with van der Waals surface area (Å²) in [6.07, 6.45) is 8.99. The molecule has 0 aliphatic heterocycles. The fourth-order valence-corrected chi connectivity index (χ4v) is 3.13. The fraction of sp³-hybridized carbons (Fsp3) is 0.588. The second-order valence-electron chi connectivity index (χ2n) is 5.71. The van der Waals surface area contributed by atoms with Crippen molar-refractivity contribution in [1.29, 1.82) is 0 Å². The van der Waals surface area contributed by atoms with E-state index in [2.05, 4.69) is 10.6 Å². The standard InChI is InChI=1S/C17H26N2O2S/c1-20-14-10-11-16(21-2)15(12-14)19-17(22)18-13-8-6-4-3-5-7-9-13/h10-13H,3-9H2,1-2H3,(H2,18,19,22). The zero-order valence-electron chi connectivity index (χ0n) is 13.5. The summed E-state index contributed by atoms with van der Waals surface area (Å²) in [5.74, 6) is 1.53. The summed E-state index contributed by atoms with van der Waals surface area (Å²) in [5.41, 5.74) is 0.824. The van der Waals surface area contributed by atoms with Gasteiger partial charge in [0.25, 0.3) is 0 Å². The number of hydrogen-bond donors (Lipinski definition) is 2. The first-order chi connectivity index (χ1) is 10.7. The molecule has 1 aromatic carbocycles. The van der Waals surface area contributed by atoms with Gasteiger partial charge in [-0.3, -0.25) is 0 Å². The third-order valence-corrected chi connectivity index (χ3v) is 4.32. The molecule has 0 spiro atoms. The van der Waals surface area contributed by atoms with Crippen LogP contribution in [0.25, 0.3) is 0 Å². The van der Waals surface area contributed by atoms with Gasteiger partial charge in [0.05, 0.1) is 19.9 Å². The Labute approximate surface area is 138 Å². The van der Waals surface area contributed by atoms with E-state index >= 15 is 0 Å². The molecule has 1 aliphatic carbocycles. The fourth-order valence-electron chi connectivity index (χ4n) is 2.86. The summed E-state index contributed by atoms with van der Waals surface area (Å²) in [6.45, 7) is 0. The summed E-state index contributed by atoms with van der Waals surface area (Å²) in [4.78, 5) is 0. The summed E-state index contributed by atoms with van der Waals surface area (Å²) < 4.78 is 10.6. The maximum Gasteiger partial charge on any atom is 0.171 e. The lowest BCUT2D eigenvalue weighted by atomic mass is 9.97.